The number of rotatable bonds is 5. The summed E-state index contributed by atoms with van der Waals surface area (Å²) in [5.74, 6) is 1.18. The Morgan fingerprint density at radius 3 is 2.60 bits per heavy atom. The summed E-state index contributed by atoms with van der Waals surface area (Å²) < 4.78 is 1.97. The fourth-order valence-electron chi connectivity index (χ4n) is 2.67. The van der Waals surface area contributed by atoms with Gasteiger partial charge in [-0.2, -0.15) is 5.10 Å². The second kappa shape index (κ2) is 6.09. The minimum atomic E-state index is 0.840. The molecule has 0 aliphatic rings. The van der Waals surface area contributed by atoms with E-state index in [2.05, 4.69) is 60.5 Å². The summed E-state index contributed by atoms with van der Waals surface area (Å²) >= 11 is 0. The molecule has 0 atom stereocenters. The standard InChI is InChI=1S/C16H24N4/c1-12-8-6-7-9-14(12)11-19(4)16-15(10-17-3)13(2)18-20(16)5/h6-9,17H,10-11H2,1-5H3. The van der Waals surface area contributed by atoms with Gasteiger partial charge in [0, 0.05) is 32.7 Å². The fourth-order valence-corrected chi connectivity index (χ4v) is 2.67. The van der Waals surface area contributed by atoms with Crippen molar-refractivity contribution in [3.63, 3.8) is 0 Å². The van der Waals surface area contributed by atoms with Crippen LogP contribution in [0, 0.1) is 13.8 Å². The van der Waals surface area contributed by atoms with Crippen LogP contribution in [0.4, 0.5) is 5.82 Å². The zero-order valence-corrected chi connectivity index (χ0v) is 13.1. The van der Waals surface area contributed by atoms with Crippen LogP contribution in [0.15, 0.2) is 24.3 Å². The number of benzene rings is 1. The summed E-state index contributed by atoms with van der Waals surface area (Å²) in [6, 6.07) is 8.53. The van der Waals surface area contributed by atoms with Gasteiger partial charge in [0.25, 0.3) is 0 Å². The van der Waals surface area contributed by atoms with Crippen LogP contribution in [0.3, 0.4) is 0 Å². The summed E-state index contributed by atoms with van der Waals surface area (Å²) in [5, 5.41) is 7.78. The summed E-state index contributed by atoms with van der Waals surface area (Å²) in [6.45, 7) is 5.96. The first kappa shape index (κ1) is 14.6. The van der Waals surface area contributed by atoms with Gasteiger partial charge in [-0.3, -0.25) is 4.68 Å². The second-order valence-electron chi connectivity index (χ2n) is 5.32. The highest BCUT2D eigenvalue weighted by molar-refractivity contribution is 5.50. The molecule has 4 heteroatoms. The van der Waals surface area contributed by atoms with Gasteiger partial charge in [0.05, 0.1) is 5.69 Å². The van der Waals surface area contributed by atoms with Gasteiger partial charge in [-0.05, 0) is 32.0 Å². The van der Waals surface area contributed by atoms with Crippen LogP contribution < -0.4 is 10.2 Å². The molecule has 2 rings (SSSR count). The van der Waals surface area contributed by atoms with Crippen molar-refractivity contribution in [2.24, 2.45) is 7.05 Å². The molecule has 0 aliphatic heterocycles. The van der Waals surface area contributed by atoms with Gasteiger partial charge in [-0.15, -0.1) is 0 Å². The molecule has 0 radical (unpaired) electrons. The lowest BCUT2D eigenvalue weighted by molar-refractivity contribution is 0.722. The molecule has 1 N–H and O–H groups in total. The number of nitrogens with one attached hydrogen (secondary N) is 1. The minimum Gasteiger partial charge on any atom is -0.355 e. The van der Waals surface area contributed by atoms with Crippen molar-refractivity contribution >= 4 is 5.82 Å². The molecule has 0 saturated heterocycles. The van der Waals surface area contributed by atoms with Crippen molar-refractivity contribution in [3.05, 3.63) is 46.6 Å². The molecule has 1 aromatic carbocycles. The Bertz CT molecular complexity index is 586. The van der Waals surface area contributed by atoms with Gasteiger partial charge in [-0.25, -0.2) is 0 Å². The Kier molecular flexibility index (Phi) is 4.45. The second-order valence-corrected chi connectivity index (χ2v) is 5.32. The maximum Gasteiger partial charge on any atom is 0.131 e. The molecule has 2 aromatic rings. The molecule has 20 heavy (non-hydrogen) atoms. The lowest BCUT2D eigenvalue weighted by atomic mass is 10.1. The molecule has 4 nitrogen and oxygen atoms in total. The summed E-state index contributed by atoms with van der Waals surface area (Å²) in [4.78, 5) is 2.27. The van der Waals surface area contributed by atoms with E-state index >= 15 is 0 Å². The van der Waals surface area contributed by atoms with Crippen LogP contribution in [0.2, 0.25) is 0 Å². The molecule has 0 saturated carbocycles. The third-order valence-electron chi connectivity index (χ3n) is 3.70. The molecule has 1 aromatic heterocycles. The summed E-state index contributed by atoms with van der Waals surface area (Å²) in [5.41, 5.74) is 5.04. The molecule has 0 spiro atoms. The summed E-state index contributed by atoms with van der Waals surface area (Å²) in [7, 11) is 6.11. The third kappa shape index (κ3) is 2.85. The molecule has 0 fully saturated rings. The Morgan fingerprint density at radius 2 is 1.95 bits per heavy atom. The lowest BCUT2D eigenvalue weighted by Crippen LogP contribution is -2.22. The monoisotopic (exact) mass is 272 g/mol. The minimum absolute atomic E-state index is 0.840. The molecule has 0 amide bonds. The molecule has 0 unspecified atom stereocenters. The number of anilines is 1. The highest BCUT2D eigenvalue weighted by atomic mass is 15.4. The Hall–Kier alpha value is -1.81. The molecule has 1 heterocycles. The third-order valence-corrected chi connectivity index (χ3v) is 3.70. The number of nitrogens with zero attached hydrogens (tertiary/aromatic N) is 3. The first-order valence-electron chi connectivity index (χ1n) is 6.97. The smallest absolute Gasteiger partial charge is 0.131 e. The number of aryl methyl sites for hydroxylation is 3. The van der Waals surface area contributed by atoms with Crippen LogP contribution in [-0.2, 0) is 20.1 Å². The van der Waals surface area contributed by atoms with Crippen LogP contribution in [0.25, 0.3) is 0 Å². The van der Waals surface area contributed by atoms with Crippen LogP contribution >= 0.6 is 0 Å². The van der Waals surface area contributed by atoms with Gasteiger partial charge >= 0.3 is 0 Å². The Morgan fingerprint density at radius 1 is 1.25 bits per heavy atom. The topological polar surface area (TPSA) is 33.1 Å². The van der Waals surface area contributed by atoms with E-state index in [1.54, 1.807) is 0 Å². The molecular weight excluding hydrogens is 248 g/mol. The highest BCUT2D eigenvalue weighted by Crippen LogP contribution is 2.24. The highest BCUT2D eigenvalue weighted by Gasteiger charge is 2.16. The normalized spacial score (nSPS) is 10.8. The average molecular weight is 272 g/mol. The van der Waals surface area contributed by atoms with Crippen molar-refractivity contribution in [1.82, 2.24) is 15.1 Å². The number of hydrogen-bond acceptors (Lipinski definition) is 3. The van der Waals surface area contributed by atoms with Gasteiger partial charge in [-0.1, -0.05) is 24.3 Å². The van der Waals surface area contributed by atoms with Crippen molar-refractivity contribution in [2.75, 3.05) is 19.0 Å². The van der Waals surface area contributed by atoms with Gasteiger partial charge in [0.1, 0.15) is 5.82 Å². The molecular formula is C16H24N4. The van der Waals surface area contributed by atoms with Crippen LogP contribution in [-0.4, -0.2) is 23.9 Å². The van der Waals surface area contributed by atoms with E-state index in [-0.39, 0.29) is 0 Å². The van der Waals surface area contributed by atoms with Crippen molar-refractivity contribution in [2.45, 2.75) is 26.9 Å². The van der Waals surface area contributed by atoms with E-state index in [1.165, 1.54) is 22.5 Å². The van der Waals surface area contributed by atoms with E-state index < -0.39 is 0 Å². The maximum absolute atomic E-state index is 4.55. The van der Waals surface area contributed by atoms with Gasteiger partial charge in [0.2, 0.25) is 0 Å². The van der Waals surface area contributed by atoms with E-state index in [1.807, 2.05) is 18.8 Å². The Balaban J connectivity index is 2.29. The molecule has 108 valence electrons. The first-order chi connectivity index (χ1) is 9.54. The van der Waals surface area contributed by atoms with Crippen molar-refractivity contribution < 1.29 is 0 Å². The van der Waals surface area contributed by atoms with Gasteiger partial charge < -0.3 is 10.2 Å². The zero-order chi connectivity index (χ0) is 14.7. The van der Waals surface area contributed by atoms with Crippen LogP contribution in [0.1, 0.15) is 22.4 Å². The molecule has 0 aliphatic carbocycles. The molecule has 0 bridgehead atoms. The Labute approximate surface area is 121 Å². The van der Waals surface area contributed by atoms with E-state index in [0.717, 1.165) is 18.8 Å². The fraction of sp³-hybridized carbons (Fsp3) is 0.438. The number of aromatic nitrogens is 2. The summed E-state index contributed by atoms with van der Waals surface area (Å²) in [6.07, 6.45) is 0. The average Bonchev–Trinajstić information content (AvgIpc) is 2.67. The maximum atomic E-state index is 4.55. The van der Waals surface area contributed by atoms with E-state index in [4.69, 9.17) is 0 Å². The predicted octanol–water partition coefficient (Wildman–Crippen LogP) is 2.39. The quantitative estimate of drug-likeness (QED) is 0.907. The zero-order valence-electron chi connectivity index (χ0n) is 13.1. The van der Waals surface area contributed by atoms with Crippen molar-refractivity contribution in [3.8, 4) is 0 Å². The van der Waals surface area contributed by atoms with E-state index in [9.17, 15) is 0 Å². The van der Waals surface area contributed by atoms with Crippen LogP contribution in [0.5, 0.6) is 0 Å². The van der Waals surface area contributed by atoms with Crippen molar-refractivity contribution in [1.29, 1.82) is 0 Å². The SMILES string of the molecule is CNCc1c(C)nn(C)c1N(C)Cc1ccccc1C. The predicted molar refractivity (Wildman–Crippen MR) is 84.0 cm³/mol. The van der Waals surface area contributed by atoms with Gasteiger partial charge in [0.15, 0.2) is 0 Å². The number of hydrogen-bond donors (Lipinski definition) is 1. The lowest BCUT2D eigenvalue weighted by Gasteiger charge is -2.22. The first-order valence-corrected chi connectivity index (χ1v) is 6.97. The largest absolute Gasteiger partial charge is 0.355 e. The van der Waals surface area contributed by atoms with E-state index in [0.29, 0.717) is 0 Å².